The second-order valence-electron chi connectivity index (χ2n) is 4.79. The highest BCUT2D eigenvalue weighted by atomic mass is 35.5. The Labute approximate surface area is 103 Å². The molecule has 0 atom stereocenters. The molecule has 0 saturated heterocycles. The van der Waals surface area contributed by atoms with Gasteiger partial charge in [-0.3, -0.25) is 4.79 Å². The first-order valence-electron chi connectivity index (χ1n) is 4.91. The van der Waals surface area contributed by atoms with Crippen molar-refractivity contribution in [3.63, 3.8) is 0 Å². The maximum Gasteiger partial charge on any atom is 0.157 e. The predicted molar refractivity (Wildman–Crippen MR) is 69.2 cm³/mol. The quantitative estimate of drug-likeness (QED) is 0.749. The van der Waals surface area contributed by atoms with Crippen LogP contribution in [-0.2, 0) is 4.79 Å². The van der Waals surface area contributed by atoms with E-state index in [0.717, 1.165) is 5.88 Å². The van der Waals surface area contributed by atoms with Gasteiger partial charge in [-0.05, 0) is 13.8 Å². The summed E-state index contributed by atoms with van der Waals surface area (Å²) in [5.74, 6) is 1.24. The summed E-state index contributed by atoms with van der Waals surface area (Å²) in [4.78, 5) is 15.3. The van der Waals surface area contributed by atoms with Crippen molar-refractivity contribution >= 4 is 30.0 Å². The molecule has 0 saturated carbocycles. The van der Waals surface area contributed by atoms with Crippen LogP contribution in [0, 0.1) is 5.41 Å². The summed E-state index contributed by atoms with van der Waals surface area (Å²) in [6.45, 7) is 10.7. The number of nitrogens with zero attached hydrogens (tertiary/aromatic N) is 1. The molecule has 15 heavy (non-hydrogen) atoms. The maximum atomic E-state index is 11.8. The molecule has 0 N–H and O–H groups in total. The summed E-state index contributed by atoms with van der Waals surface area (Å²) < 4.78 is 0. The second kappa shape index (κ2) is 5.26. The number of thioether (sulfide) groups is 1. The molecule has 1 aliphatic rings. The van der Waals surface area contributed by atoms with Crippen molar-refractivity contribution in [2.24, 2.45) is 5.41 Å². The zero-order chi connectivity index (χ0) is 10.9. The first-order valence-corrected chi connectivity index (χ1v) is 5.89. The van der Waals surface area contributed by atoms with Crippen LogP contribution in [0.4, 0.5) is 0 Å². The van der Waals surface area contributed by atoms with Crippen LogP contribution < -0.4 is 0 Å². The lowest BCUT2D eigenvalue weighted by Gasteiger charge is -2.23. The molecule has 0 amide bonds. The van der Waals surface area contributed by atoms with Crippen molar-refractivity contribution in [3.05, 3.63) is 10.6 Å². The molecule has 0 aliphatic carbocycles. The third-order valence-electron chi connectivity index (χ3n) is 2.59. The van der Waals surface area contributed by atoms with Gasteiger partial charge in [-0.1, -0.05) is 20.8 Å². The van der Waals surface area contributed by atoms with Gasteiger partial charge in [0.15, 0.2) is 5.78 Å². The van der Waals surface area contributed by atoms with Gasteiger partial charge in [0, 0.05) is 16.0 Å². The molecule has 2 nitrogen and oxygen atoms in total. The molecule has 4 heteroatoms. The molecule has 0 unspecified atom stereocenters. The third-order valence-corrected chi connectivity index (χ3v) is 3.76. The van der Waals surface area contributed by atoms with E-state index in [0.29, 0.717) is 12.3 Å². The molecular formula is C11H20ClNOS. The standard InChI is InChI=1S/C11H19NOS.ClH/c1-8-9(2)14-7-12(8)6-10(13)11(3,4)5;/h6-7H2,1-5H3;1H. The number of Topliss-reactive ketones (excluding diaryl/α,β-unsaturated/α-hetero) is 1. The van der Waals surface area contributed by atoms with Crippen LogP contribution >= 0.6 is 24.2 Å². The molecule has 88 valence electrons. The fraction of sp³-hybridized carbons (Fsp3) is 0.727. The number of ketones is 1. The molecule has 1 aliphatic heterocycles. The number of hydrogen-bond donors (Lipinski definition) is 0. The molecule has 0 radical (unpaired) electrons. The fourth-order valence-electron chi connectivity index (χ4n) is 1.17. The van der Waals surface area contributed by atoms with Gasteiger partial charge >= 0.3 is 0 Å². The minimum Gasteiger partial charge on any atom is -0.357 e. The molecular weight excluding hydrogens is 230 g/mol. The topological polar surface area (TPSA) is 20.3 Å². The van der Waals surface area contributed by atoms with Crippen molar-refractivity contribution in [2.75, 3.05) is 12.4 Å². The van der Waals surface area contributed by atoms with Crippen LogP contribution in [0.2, 0.25) is 0 Å². The van der Waals surface area contributed by atoms with Crippen LogP contribution in [-0.4, -0.2) is 23.1 Å². The van der Waals surface area contributed by atoms with Crippen molar-refractivity contribution in [1.82, 2.24) is 4.90 Å². The molecule has 0 aromatic heterocycles. The summed E-state index contributed by atoms with van der Waals surface area (Å²) >= 11 is 1.82. The molecule has 1 rings (SSSR count). The zero-order valence-corrected chi connectivity index (χ0v) is 11.7. The van der Waals surface area contributed by atoms with Gasteiger partial charge in [-0.15, -0.1) is 24.2 Å². The lowest BCUT2D eigenvalue weighted by Crippen LogP contribution is -2.33. The first-order chi connectivity index (χ1) is 6.32. The van der Waals surface area contributed by atoms with Crippen molar-refractivity contribution in [3.8, 4) is 0 Å². The number of carbonyl (C=O) groups excluding carboxylic acids is 1. The first kappa shape index (κ1) is 14.8. The van der Waals surface area contributed by atoms with Gasteiger partial charge < -0.3 is 4.90 Å². The minimum absolute atomic E-state index is 0. The van der Waals surface area contributed by atoms with Crippen molar-refractivity contribution in [1.29, 1.82) is 0 Å². The fourth-order valence-corrected chi connectivity index (χ4v) is 2.15. The van der Waals surface area contributed by atoms with E-state index >= 15 is 0 Å². The monoisotopic (exact) mass is 249 g/mol. The Morgan fingerprint density at radius 3 is 2.27 bits per heavy atom. The highest BCUT2D eigenvalue weighted by Gasteiger charge is 2.26. The molecule has 0 fully saturated rings. The van der Waals surface area contributed by atoms with Crippen LogP contribution in [0.1, 0.15) is 34.6 Å². The lowest BCUT2D eigenvalue weighted by molar-refractivity contribution is -0.126. The van der Waals surface area contributed by atoms with Crippen molar-refractivity contribution < 1.29 is 4.79 Å². The highest BCUT2D eigenvalue weighted by Crippen LogP contribution is 2.31. The lowest BCUT2D eigenvalue weighted by atomic mass is 9.90. The summed E-state index contributed by atoms with van der Waals surface area (Å²) in [5.41, 5.74) is 1.04. The average molecular weight is 250 g/mol. The smallest absolute Gasteiger partial charge is 0.157 e. The van der Waals surface area contributed by atoms with Gasteiger partial charge in [-0.2, -0.15) is 0 Å². The average Bonchev–Trinajstić information content (AvgIpc) is 2.34. The Bertz CT molecular complexity index is 281. The van der Waals surface area contributed by atoms with Gasteiger partial charge in [0.2, 0.25) is 0 Å². The van der Waals surface area contributed by atoms with Crippen molar-refractivity contribution in [2.45, 2.75) is 34.6 Å². The SMILES string of the molecule is CC1=C(C)N(CC(=O)C(C)(C)C)CS1.Cl. The highest BCUT2D eigenvalue weighted by molar-refractivity contribution is 8.03. The van der Waals surface area contributed by atoms with E-state index in [1.165, 1.54) is 10.6 Å². The predicted octanol–water partition coefficient (Wildman–Crippen LogP) is 3.28. The van der Waals surface area contributed by atoms with Gasteiger partial charge in [0.05, 0.1) is 12.4 Å². The number of carbonyl (C=O) groups is 1. The van der Waals surface area contributed by atoms with Crippen LogP contribution in [0.15, 0.2) is 10.6 Å². The Morgan fingerprint density at radius 1 is 1.40 bits per heavy atom. The van der Waals surface area contributed by atoms with Gasteiger partial charge in [-0.25, -0.2) is 0 Å². The van der Waals surface area contributed by atoms with Crippen LogP contribution in [0.5, 0.6) is 0 Å². The summed E-state index contributed by atoms with van der Waals surface area (Å²) in [5, 5.41) is 0. The van der Waals surface area contributed by atoms with E-state index in [1.807, 2.05) is 32.5 Å². The summed E-state index contributed by atoms with van der Waals surface area (Å²) in [6, 6.07) is 0. The van der Waals surface area contributed by atoms with E-state index in [4.69, 9.17) is 0 Å². The minimum atomic E-state index is -0.221. The zero-order valence-electron chi connectivity index (χ0n) is 10.1. The normalized spacial score (nSPS) is 16.7. The number of rotatable bonds is 2. The second-order valence-corrected chi connectivity index (χ2v) is 5.95. The largest absolute Gasteiger partial charge is 0.357 e. The van der Waals surface area contributed by atoms with Gasteiger partial charge in [0.1, 0.15) is 0 Å². The van der Waals surface area contributed by atoms with E-state index in [1.54, 1.807) is 0 Å². The number of halogens is 1. The Kier molecular flexibility index (Phi) is 5.21. The molecule has 0 aromatic carbocycles. The van der Waals surface area contributed by atoms with Crippen LogP contribution in [0.25, 0.3) is 0 Å². The summed E-state index contributed by atoms with van der Waals surface area (Å²) in [7, 11) is 0. The Balaban J connectivity index is 0.00000196. The Hall–Kier alpha value is -0.150. The molecule has 0 bridgehead atoms. The molecule has 1 heterocycles. The third kappa shape index (κ3) is 3.72. The van der Waals surface area contributed by atoms with Crippen LogP contribution in [0.3, 0.4) is 0 Å². The van der Waals surface area contributed by atoms with Gasteiger partial charge in [0.25, 0.3) is 0 Å². The Morgan fingerprint density at radius 2 is 1.93 bits per heavy atom. The molecule has 0 spiro atoms. The number of hydrogen-bond acceptors (Lipinski definition) is 3. The molecule has 0 aromatic rings. The maximum absolute atomic E-state index is 11.8. The number of allylic oxidation sites excluding steroid dienone is 2. The van der Waals surface area contributed by atoms with E-state index in [-0.39, 0.29) is 17.8 Å². The van der Waals surface area contributed by atoms with E-state index in [9.17, 15) is 4.79 Å². The van der Waals surface area contributed by atoms with E-state index in [2.05, 4.69) is 18.7 Å². The summed E-state index contributed by atoms with van der Waals surface area (Å²) in [6.07, 6.45) is 0. The van der Waals surface area contributed by atoms with E-state index < -0.39 is 0 Å².